The summed E-state index contributed by atoms with van der Waals surface area (Å²) in [5.74, 6) is -0.0629. The van der Waals surface area contributed by atoms with Crippen molar-refractivity contribution in [2.75, 3.05) is 41.1 Å². The lowest BCUT2D eigenvalue weighted by Crippen LogP contribution is -2.49. The molecule has 0 unspecified atom stereocenters. The Labute approximate surface area is 173 Å². The first kappa shape index (κ1) is 19.7. The molecule has 0 saturated carbocycles. The lowest BCUT2D eigenvalue weighted by molar-refractivity contribution is -0.116. The molecule has 0 N–H and O–H groups in total. The van der Waals surface area contributed by atoms with Gasteiger partial charge in [0.25, 0.3) is 5.91 Å². The molecule has 2 aromatic rings. The molecule has 2 amide bonds. The van der Waals surface area contributed by atoms with E-state index in [4.69, 9.17) is 11.6 Å². The van der Waals surface area contributed by atoms with Crippen molar-refractivity contribution in [2.45, 2.75) is 6.42 Å². The second-order valence-electron chi connectivity index (χ2n) is 6.86. The topological polar surface area (TPSA) is 90.9 Å². The largest absolute Gasteiger partial charge is 0.353 e. The van der Waals surface area contributed by atoms with Crippen LogP contribution >= 0.6 is 11.6 Å². The number of pyridine rings is 1. The van der Waals surface area contributed by atoms with E-state index < -0.39 is 15.9 Å². The average molecular weight is 435 g/mol. The Balaban J connectivity index is 1.48. The summed E-state index contributed by atoms with van der Waals surface area (Å²) in [7, 11) is -3.67. The van der Waals surface area contributed by atoms with E-state index in [0.29, 0.717) is 26.2 Å². The van der Waals surface area contributed by atoms with E-state index in [1.54, 1.807) is 11.1 Å². The molecule has 2 fully saturated rings. The highest BCUT2D eigenvalue weighted by molar-refractivity contribution is 7.94. The number of halogens is 1. The number of nitrogens with zero attached hydrogens (tertiary/aromatic N) is 4. The smallest absolute Gasteiger partial charge is 0.255 e. The van der Waals surface area contributed by atoms with Crippen molar-refractivity contribution in [1.82, 2.24) is 9.88 Å². The number of hydrogen-bond acceptors (Lipinski definition) is 6. The molecule has 1 aromatic heterocycles. The normalized spacial score (nSPS) is 18.9. The third-order valence-electron chi connectivity index (χ3n) is 5.04. The minimum atomic E-state index is -3.67. The number of sulfonamides is 1. The lowest BCUT2D eigenvalue weighted by atomic mass is 10.1. The zero-order chi connectivity index (χ0) is 20.6. The van der Waals surface area contributed by atoms with E-state index in [1.165, 1.54) is 18.2 Å². The molecule has 1 aromatic carbocycles. The predicted molar refractivity (Wildman–Crippen MR) is 110 cm³/mol. The highest BCUT2D eigenvalue weighted by atomic mass is 35.5. The number of rotatable bonds is 3. The van der Waals surface area contributed by atoms with Crippen molar-refractivity contribution < 1.29 is 18.0 Å². The first-order chi connectivity index (χ1) is 13.9. The molecule has 0 radical (unpaired) electrons. The van der Waals surface area contributed by atoms with Crippen molar-refractivity contribution in [1.29, 1.82) is 0 Å². The monoisotopic (exact) mass is 434 g/mol. The van der Waals surface area contributed by atoms with Gasteiger partial charge in [0.1, 0.15) is 5.82 Å². The van der Waals surface area contributed by atoms with E-state index in [2.05, 4.69) is 9.88 Å². The van der Waals surface area contributed by atoms with Crippen LogP contribution in [-0.4, -0.2) is 62.0 Å². The molecule has 10 heteroatoms. The first-order valence-electron chi connectivity index (χ1n) is 9.17. The molecule has 0 aliphatic carbocycles. The van der Waals surface area contributed by atoms with E-state index in [0.717, 1.165) is 10.1 Å². The Morgan fingerprint density at radius 2 is 1.83 bits per heavy atom. The van der Waals surface area contributed by atoms with Gasteiger partial charge in [-0.1, -0.05) is 17.7 Å². The molecule has 0 bridgehead atoms. The van der Waals surface area contributed by atoms with Gasteiger partial charge in [0.15, 0.2) is 0 Å². The Morgan fingerprint density at radius 1 is 1.07 bits per heavy atom. The molecule has 2 aliphatic heterocycles. The minimum Gasteiger partial charge on any atom is -0.353 e. The molecule has 0 atom stereocenters. The molecule has 4 rings (SSSR count). The molecule has 2 saturated heterocycles. The molecular weight excluding hydrogens is 416 g/mol. The van der Waals surface area contributed by atoms with Crippen LogP contribution in [0.15, 0.2) is 42.6 Å². The van der Waals surface area contributed by atoms with Gasteiger partial charge in [-0.05, 0) is 30.3 Å². The predicted octanol–water partition coefficient (Wildman–Crippen LogP) is 1.76. The van der Waals surface area contributed by atoms with Crippen LogP contribution in [0.25, 0.3) is 0 Å². The van der Waals surface area contributed by atoms with Gasteiger partial charge in [-0.25, -0.2) is 17.7 Å². The SMILES string of the molecule is O=C(c1ccc(N2C(=O)CCS2(=O)=O)cc1Cl)N1CCN(c2ccccn2)CC1. The zero-order valence-corrected chi connectivity index (χ0v) is 17.1. The number of hydrogen-bond donors (Lipinski definition) is 0. The maximum atomic E-state index is 12.9. The van der Waals surface area contributed by atoms with Crippen molar-refractivity contribution in [3.05, 3.63) is 53.2 Å². The van der Waals surface area contributed by atoms with Crippen LogP contribution in [0.2, 0.25) is 5.02 Å². The number of aromatic nitrogens is 1. The fourth-order valence-corrected chi connectivity index (χ4v) is 5.23. The van der Waals surface area contributed by atoms with Gasteiger partial charge in [0.2, 0.25) is 15.9 Å². The molecule has 29 heavy (non-hydrogen) atoms. The maximum Gasteiger partial charge on any atom is 0.255 e. The van der Waals surface area contributed by atoms with E-state index >= 15 is 0 Å². The highest BCUT2D eigenvalue weighted by Gasteiger charge is 2.36. The zero-order valence-electron chi connectivity index (χ0n) is 15.5. The van der Waals surface area contributed by atoms with Crippen LogP contribution in [-0.2, 0) is 14.8 Å². The highest BCUT2D eigenvalue weighted by Crippen LogP contribution is 2.30. The van der Waals surface area contributed by atoms with Crippen LogP contribution < -0.4 is 9.21 Å². The Bertz CT molecular complexity index is 1050. The fraction of sp³-hybridized carbons (Fsp3) is 0.316. The van der Waals surface area contributed by atoms with Gasteiger partial charge in [-0.3, -0.25) is 9.59 Å². The van der Waals surface area contributed by atoms with Crippen LogP contribution in [0.4, 0.5) is 11.5 Å². The summed E-state index contributed by atoms with van der Waals surface area (Å²) < 4.78 is 24.9. The standard InChI is InChI=1S/C19H19ClN4O4S/c20-16-13-14(24-18(25)6-12-29(24,27)28)4-5-15(16)19(26)23-10-8-22(9-11-23)17-3-1-2-7-21-17/h1-5,7,13H,6,8-12H2. The minimum absolute atomic E-state index is 0.0544. The number of anilines is 2. The summed E-state index contributed by atoms with van der Waals surface area (Å²) in [5.41, 5.74) is 0.444. The van der Waals surface area contributed by atoms with E-state index in [1.807, 2.05) is 18.2 Å². The second kappa shape index (κ2) is 7.64. The average Bonchev–Trinajstić information content (AvgIpc) is 3.00. The molecule has 3 heterocycles. The van der Waals surface area contributed by atoms with Gasteiger partial charge in [0.05, 0.1) is 22.0 Å². The van der Waals surface area contributed by atoms with E-state index in [9.17, 15) is 18.0 Å². The van der Waals surface area contributed by atoms with Gasteiger partial charge < -0.3 is 9.80 Å². The molecular formula is C19H19ClN4O4S. The number of amides is 2. The molecule has 8 nitrogen and oxygen atoms in total. The molecule has 152 valence electrons. The number of carbonyl (C=O) groups excluding carboxylic acids is 2. The Hall–Kier alpha value is -2.65. The van der Waals surface area contributed by atoms with E-state index in [-0.39, 0.29) is 34.4 Å². The van der Waals surface area contributed by atoms with Crippen molar-refractivity contribution >= 4 is 44.9 Å². The summed E-state index contributed by atoms with van der Waals surface area (Å²) in [6, 6.07) is 10.00. The number of piperazine rings is 1. The first-order valence-corrected chi connectivity index (χ1v) is 11.2. The maximum absolute atomic E-state index is 12.9. The number of carbonyl (C=O) groups is 2. The summed E-state index contributed by atoms with van der Waals surface area (Å²) in [4.78, 5) is 33.0. The summed E-state index contributed by atoms with van der Waals surface area (Å²) in [5, 5.41) is 0.120. The summed E-state index contributed by atoms with van der Waals surface area (Å²) in [6.07, 6.45) is 1.68. The molecule has 2 aliphatic rings. The van der Waals surface area contributed by atoms with Crippen LogP contribution in [0.3, 0.4) is 0 Å². The van der Waals surface area contributed by atoms with Gasteiger partial charge >= 0.3 is 0 Å². The van der Waals surface area contributed by atoms with Crippen LogP contribution in [0.5, 0.6) is 0 Å². The van der Waals surface area contributed by atoms with Crippen molar-refractivity contribution in [3.8, 4) is 0 Å². The quantitative estimate of drug-likeness (QED) is 0.731. The Kier molecular flexibility index (Phi) is 5.18. The number of benzene rings is 1. The Morgan fingerprint density at radius 3 is 2.41 bits per heavy atom. The third kappa shape index (κ3) is 3.79. The van der Waals surface area contributed by atoms with Crippen LogP contribution in [0, 0.1) is 0 Å². The molecule has 0 spiro atoms. The van der Waals surface area contributed by atoms with Crippen LogP contribution in [0.1, 0.15) is 16.8 Å². The van der Waals surface area contributed by atoms with Gasteiger partial charge in [0, 0.05) is 38.8 Å². The van der Waals surface area contributed by atoms with Crippen molar-refractivity contribution in [2.24, 2.45) is 0 Å². The third-order valence-corrected chi connectivity index (χ3v) is 7.04. The van der Waals surface area contributed by atoms with Gasteiger partial charge in [-0.15, -0.1) is 0 Å². The van der Waals surface area contributed by atoms with Gasteiger partial charge in [-0.2, -0.15) is 0 Å². The lowest BCUT2D eigenvalue weighted by Gasteiger charge is -2.35. The summed E-state index contributed by atoms with van der Waals surface area (Å²) in [6.45, 7) is 2.34. The fourth-order valence-electron chi connectivity index (χ4n) is 3.52. The summed E-state index contributed by atoms with van der Waals surface area (Å²) >= 11 is 6.29. The second-order valence-corrected chi connectivity index (χ2v) is 9.20. The van der Waals surface area contributed by atoms with Crippen molar-refractivity contribution in [3.63, 3.8) is 0 Å².